The number of fused-ring (bicyclic) bond motifs is 1. The summed E-state index contributed by atoms with van der Waals surface area (Å²) in [6.07, 6.45) is 11.1. The first-order valence-corrected chi connectivity index (χ1v) is 11.7. The summed E-state index contributed by atoms with van der Waals surface area (Å²) in [5.41, 5.74) is 3.39. The second-order valence-electron chi connectivity index (χ2n) is 9.51. The molecule has 1 aromatic heterocycles. The van der Waals surface area contributed by atoms with Crippen LogP contribution in [0.2, 0.25) is 0 Å². The Morgan fingerprint density at radius 1 is 1.10 bits per heavy atom. The lowest BCUT2D eigenvalue weighted by Crippen LogP contribution is -2.42. The lowest BCUT2D eigenvalue weighted by molar-refractivity contribution is 0.0439. The van der Waals surface area contributed by atoms with Gasteiger partial charge in [0.1, 0.15) is 6.10 Å². The third-order valence-corrected chi connectivity index (χ3v) is 6.89. The van der Waals surface area contributed by atoms with Gasteiger partial charge in [0, 0.05) is 24.2 Å². The minimum Gasteiger partial charge on any atom is -0.446 e. The maximum atomic E-state index is 13.1. The quantitative estimate of drug-likeness (QED) is 0.706. The molecule has 1 saturated heterocycles. The van der Waals surface area contributed by atoms with Crippen LogP contribution < -0.4 is 0 Å². The van der Waals surface area contributed by atoms with Crippen LogP contribution in [0.4, 0.5) is 4.79 Å². The summed E-state index contributed by atoms with van der Waals surface area (Å²) in [6, 6.07) is 7.01. The molecule has 2 fully saturated rings. The number of nitrogens with zero attached hydrogens (tertiary/aromatic N) is 3. The minimum atomic E-state index is -0.221. The van der Waals surface area contributed by atoms with Crippen molar-refractivity contribution in [1.29, 1.82) is 0 Å². The zero-order valence-corrected chi connectivity index (χ0v) is 18.9. The topological polar surface area (TPSA) is 37.7 Å². The predicted octanol–water partition coefficient (Wildman–Crippen LogP) is 4.84. The summed E-state index contributed by atoms with van der Waals surface area (Å²) in [6.45, 7) is 5.56. The molecule has 2 heterocycles. The third-order valence-electron chi connectivity index (χ3n) is 6.89. The van der Waals surface area contributed by atoms with E-state index in [0.717, 1.165) is 44.2 Å². The van der Waals surface area contributed by atoms with Gasteiger partial charge in [-0.3, -0.25) is 4.57 Å². The van der Waals surface area contributed by atoms with Gasteiger partial charge < -0.3 is 14.5 Å². The monoisotopic (exact) mass is 411 g/mol. The van der Waals surface area contributed by atoms with Gasteiger partial charge in [0.05, 0.1) is 5.52 Å². The van der Waals surface area contributed by atoms with Crippen molar-refractivity contribution in [2.45, 2.75) is 70.4 Å². The van der Waals surface area contributed by atoms with Crippen molar-refractivity contribution in [3.05, 3.63) is 35.5 Å². The molecule has 0 spiro atoms. The highest BCUT2D eigenvalue weighted by Crippen LogP contribution is 2.29. The SMILES string of the molecule is Cc1ccc2c(c1)c(CCN(C)C)cn2C(=O)OC1CCC(N2CCCCC2)CC1. The molecule has 0 bridgehead atoms. The van der Waals surface area contributed by atoms with E-state index in [1.54, 1.807) is 4.57 Å². The molecule has 5 nitrogen and oxygen atoms in total. The molecule has 30 heavy (non-hydrogen) atoms. The Kier molecular flexibility index (Phi) is 6.79. The average molecular weight is 412 g/mol. The fourth-order valence-electron chi connectivity index (χ4n) is 5.12. The van der Waals surface area contributed by atoms with Crippen LogP contribution in [0, 0.1) is 6.92 Å². The maximum absolute atomic E-state index is 13.1. The number of aryl methyl sites for hydroxylation is 1. The molecular formula is C25H37N3O2. The smallest absolute Gasteiger partial charge is 0.418 e. The van der Waals surface area contributed by atoms with E-state index in [1.165, 1.54) is 48.9 Å². The number of likely N-dealkylation sites (tertiary alicyclic amines) is 1. The molecule has 0 radical (unpaired) electrons. The van der Waals surface area contributed by atoms with E-state index in [0.29, 0.717) is 6.04 Å². The Labute approximate surface area is 181 Å². The molecule has 2 aromatic rings. The van der Waals surface area contributed by atoms with Gasteiger partial charge in [-0.15, -0.1) is 0 Å². The van der Waals surface area contributed by atoms with E-state index in [4.69, 9.17) is 4.74 Å². The molecular weight excluding hydrogens is 374 g/mol. The number of benzene rings is 1. The molecule has 0 unspecified atom stereocenters. The number of carbonyl (C=O) groups excluding carboxylic acids is 1. The molecule has 2 aliphatic rings. The summed E-state index contributed by atoms with van der Waals surface area (Å²) in [7, 11) is 4.16. The molecule has 1 aliphatic heterocycles. The fourth-order valence-corrected chi connectivity index (χ4v) is 5.12. The number of hydrogen-bond donors (Lipinski definition) is 0. The summed E-state index contributed by atoms with van der Waals surface area (Å²) >= 11 is 0. The van der Waals surface area contributed by atoms with E-state index < -0.39 is 0 Å². The number of likely N-dealkylation sites (N-methyl/N-ethyl adjacent to an activating group) is 1. The number of aromatic nitrogens is 1. The number of ether oxygens (including phenoxy) is 1. The zero-order chi connectivity index (χ0) is 21.1. The number of piperidine rings is 1. The molecule has 164 valence electrons. The first-order valence-electron chi connectivity index (χ1n) is 11.7. The van der Waals surface area contributed by atoms with Gasteiger partial charge >= 0.3 is 6.09 Å². The number of rotatable bonds is 5. The van der Waals surface area contributed by atoms with Crippen molar-refractivity contribution >= 4 is 17.0 Å². The first kappa shape index (κ1) is 21.4. The molecule has 1 aliphatic carbocycles. The number of carbonyl (C=O) groups is 1. The average Bonchev–Trinajstić information content (AvgIpc) is 3.11. The summed E-state index contributed by atoms with van der Waals surface area (Å²) < 4.78 is 7.72. The van der Waals surface area contributed by atoms with E-state index in [2.05, 4.69) is 49.0 Å². The van der Waals surface area contributed by atoms with Crippen LogP contribution in [0.25, 0.3) is 10.9 Å². The first-order chi connectivity index (χ1) is 14.5. The van der Waals surface area contributed by atoms with Crippen LogP contribution in [0.5, 0.6) is 0 Å². The van der Waals surface area contributed by atoms with Crippen LogP contribution in [-0.2, 0) is 11.2 Å². The highest BCUT2D eigenvalue weighted by atomic mass is 16.6. The molecule has 0 amide bonds. The van der Waals surface area contributed by atoms with Gasteiger partial charge in [-0.05, 0) is 96.8 Å². The Hall–Kier alpha value is -1.85. The van der Waals surface area contributed by atoms with Gasteiger partial charge in [-0.1, -0.05) is 18.1 Å². The Morgan fingerprint density at radius 2 is 1.83 bits per heavy atom. The van der Waals surface area contributed by atoms with E-state index in [9.17, 15) is 4.79 Å². The van der Waals surface area contributed by atoms with Crippen molar-refractivity contribution in [1.82, 2.24) is 14.4 Å². The van der Waals surface area contributed by atoms with Crippen molar-refractivity contribution in [2.75, 3.05) is 33.7 Å². The van der Waals surface area contributed by atoms with Crippen LogP contribution >= 0.6 is 0 Å². The van der Waals surface area contributed by atoms with Crippen molar-refractivity contribution in [3.8, 4) is 0 Å². The highest BCUT2D eigenvalue weighted by Gasteiger charge is 2.29. The van der Waals surface area contributed by atoms with Gasteiger partial charge in [-0.2, -0.15) is 0 Å². The van der Waals surface area contributed by atoms with Crippen molar-refractivity contribution < 1.29 is 9.53 Å². The maximum Gasteiger partial charge on any atom is 0.418 e. The van der Waals surface area contributed by atoms with E-state index >= 15 is 0 Å². The zero-order valence-electron chi connectivity index (χ0n) is 18.9. The summed E-state index contributed by atoms with van der Waals surface area (Å²) in [5, 5.41) is 1.17. The minimum absolute atomic E-state index is 0.0478. The van der Waals surface area contributed by atoms with Gasteiger partial charge in [0.25, 0.3) is 0 Å². The lowest BCUT2D eigenvalue weighted by Gasteiger charge is -2.38. The molecule has 5 heteroatoms. The molecule has 0 N–H and O–H groups in total. The van der Waals surface area contributed by atoms with Crippen molar-refractivity contribution in [3.63, 3.8) is 0 Å². The largest absolute Gasteiger partial charge is 0.446 e. The lowest BCUT2D eigenvalue weighted by atomic mass is 9.90. The second-order valence-corrected chi connectivity index (χ2v) is 9.51. The number of hydrogen-bond acceptors (Lipinski definition) is 4. The van der Waals surface area contributed by atoms with E-state index in [1.807, 2.05) is 6.20 Å². The second kappa shape index (κ2) is 9.52. The summed E-state index contributed by atoms with van der Waals surface area (Å²) in [5.74, 6) is 0. The molecule has 4 rings (SSSR count). The Bertz CT molecular complexity index is 859. The van der Waals surface area contributed by atoms with Gasteiger partial charge in [0.15, 0.2) is 0 Å². The Morgan fingerprint density at radius 3 is 2.53 bits per heavy atom. The predicted molar refractivity (Wildman–Crippen MR) is 122 cm³/mol. The molecule has 1 aromatic carbocycles. The van der Waals surface area contributed by atoms with Crippen LogP contribution in [0.15, 0.2) is 24.4 Å². The van der Waals surface area contributed by atoms with Crippen molar-refractivity contribution in [2.24, 2.45) is 0 Å². The standard InChI is InChI=1S/C25H37N3O2/c1-19-7-12-24-23(17-19)20(13-16-26(2)3)18-28(24)25(29)30-22-10-8-21(9-11-22)27-14-5-4-6-15-27/h7,12,17-18,21-22H,4-6,8-11,13-16H2,1-3H3. The summed E-state index contributed by atoms with van der Waals surface area (Å²) in [4.78, 5) is 17.9. The van der Waals surface area contributed by atoms with Gasteiger partial charge in [-0.25, -0.2) is 4.79 Å². The van der Waals surface area contributed by atoms with Crippen LogP contribution in [0.3, 0.4) is 0 Å². The third kappa shape index (κ3) is 4.89. The highest BCUT2D eigenvalue weighted by molar-refractivity contribution is 5.92. The fraction of sp³-hybridized carbons (Fsp3) is 0.640. The van der Waals surface area contributed by atoms with Gasteiger partial charge in [0.2, 0.25) is 0 Å². The normalized spacial score (nSPS) is 23.2. The van der Waals surface area contributed by atoms with Crippen LogP contribution in [0.1, 0.15) is 56.1 Å². The molecule has 0 atom stereocenters. The van der Waals surface area contributed by atoms with Crippen LogP contribution in [-0.4, -0.2) is 66.3 Å². The Balaban J connectivity index is 1.42. The molecule has 1 saturated carbocycles. The van der Waals surface area contributed by atoms with E-state index in [-0.39, 0.29) is 12.2 Å².